The van der Waals surface area contributed by atoms with Crippen molar-refractivity contribution in [2.75, 3.05) is 18.0 Å². The molecule has 3 N–H and O–H groups in total. The summed E-state index contributed by atoms with van der Waals surface area (Å²) in [5, 5.41) is 10.2. The van der Waals surface area contributed by atoms with E-state index in [0.29, 0.717) is 12.1 Å². The summed E-state index contributed by atoms with van der Waals surface area (Å²) in [6, 6.07) is 2.85. The van der Waals surface area contributed by atoms with E-state index < -0.39 is 44.6 Å². The van der Waals surface area contributed by atoms with Crippen LogP contribution in [0.2, 0.25) is 0 Å². The second-order valence-electron chi connectivity index (χ2n) is 3.51. The molecule has 102 valence electrons. The van der Waals surface area contributed by atoms with Crippen molar-refractivity contribution in [3.8, 4) is 6.07 Å². The Bertz CT molecular complexity index is 629. The maximum absolute atomic E-state index is 13.4. The first-order valence-electron chi connectivity index (χ1n) is 4.89. The maximum atomic E-state index is 13.4. The number of benzene rings is 1. The standard InChI is InChI=1S/C10H9F2N3O3S/c11-7-3-6(14)4-8(12)10(7)19(17,18)5-9(16)15-2-1-13/h3-4H,2,5,14H2,(H,15,16). The molecule has 0 aliphatic rings. The summed E-state index contributed by atoms with van der Waals surface area (Å²) in [6.07, 6.45) is 0. The van der Waals surface area contributed by atoms with E-state index in [2.05, 4.69) is 0 Å². The second kappa shape index (κ2) is 5.62. The van der Waals surface area contributed by atoms with E-state index >= 15 is 0 Å². The quantitative estimate of drug-likeness (QED) is 0.596. The Morgan fingerprint density at radius 1 is 1.37 bits per heavy atom. The number of hydrogen-bond acceptors (Lipinski definition) is 5. The van der Waals surface area contributed by atoms with Crippen LogP contribution in [0.25, 0.3) is 0 Å². The minimum Gasteiger partial charge on any atom is -0.399 e. The Morgan fingerprint density at radius 2 is 1.89 bits per heavy atom. The first kappa shape index (κ1) is 14.8. The molecule has 0 unspecified atom stereocenters. The van der Waals surface area contributed by atoms with Crippen molar-refractivity contribution in [3.05, 3.63) is 23.8 Å². The third-order valence-electron chi connectivity index (χ3n) is 2.02. The Balaban J connectivity index is 3.09. The summed E-state index contributed by atoms with van der Waals surface area (Å²) in [5.41, 5.74) is 4.87. The fraction of sp³-hybridized carbons (Fsp3) is 0.200. The highest BCUT2D eigenvalue weighted by molar-refractivity contribution is 7.92. The van der Waals surface area contributed by atoms with Gasteiger partial charge in [0, 0.05) is 5.69 Å². The third kappa shape index (κ3) is 3.62. The molecular weight excluding hydrogens is 280 g/mol. The number of sulfone groups is 1. The minimum absolute atomic E-state index is 0.275. The number of nitrogen functional groups attached to an aromatic ring is 1. The molecule has 1 aromatic carbocycles. The van der Waals surface area contributed by atoms with Crippen molar-refractivity contribution in [2.24, 2.45) is 0 Å². The highest BCUT2D eigenvalue weighted by Gasteiger charge is 2.27. The molecule has 0 aliphatic carbocycles. The molecule has 0 radical (unpaired) electrons. The molecule has 0 fully saturated rings. The van der Waals surface area contributed by atoms with Gasteiger partial charge in [-0.15, -0.1) is 0 Å². The number of halogens is 2. The number of hydrogen-bond donors (Lipinski definition) is 2. The average Bonchev–Trinajstić information content (AvgIpc) is 2.23. The number of rotatable bonds is 4. The Kier molecular flexibility index (Phi) is 4.39. The van der Waals surface area contributed by atoms with Crippen LogP contribution in [0.1, 0.15) is 0 Å². The van der Waals surface area contributed by atoms with Gasteiger partial charge in [0.15, 0.2) is 9.84 Å². The smallest absolute Gasteiger partial charge is 0.236 e. The van der Waals surface area contributed by atoms with Crippen LogP contribution in [0.15, 0.2) is 17.0 Å². The van der Waals surface area contributed by atoms with Crippen molar-refractivity contribution < 1.29 is 22.0 Å². The summed E-state index contributed by atoms with van der Waals surface area (Å²) in [6.45, 7) is -0.402. The van der Waals surface area contributed by atoms with E-state index in [1.54, 1.807) is 6.07 Å². The first-order chi connectivity index (χ1) is 8.77. The van der Waals surface area contributed by atoms with E-state index in [4.69, 9.17) is 11.0 Å². The van der Waals surface area contributed by atoms with E-state index in [1.165, 1.54) is 0 Å². The minimum atomic E-state index is -4.50. The molecule has 0 saturated heterocycles. The van der Waals surface area contributed by atoms with Gasteiger partial charge in [-0.3, -0.25) is 4.79 Å². The molecule has 1 rings (SSSR count). The normalized spacial score (nSPS) is 10.8. The van der Waals surface area contributed by atoms with Gasteiger partial charge in [-0.25, -0.2) is 17.2 Å². The lowest BCUT2D eigenvalue weighted by Crippen LogP contribution is -2.31. The predicted molar refractivity (Wildman–Crippen MR) is 61.4 cm³/mol. The summed E-state index contributed by atoms with van der Waals surface area (Å²) < 4.78 is 50.2. The largest absolute Gasteiger partial charge is 0.399 e. The molecule has 0 atom stereocenters. The molecule has 1 amide bonds. The lowest BCUT2D eigenvalue weighted by atomic mass is 10.3. The number of anilines is 1. The molecule has 0 bridgehead atoms. The molecule has 1 aromatic rings. The number of amides is 1. The molecule has 0 saturated carbocycles. The van der Waals surface area contributed by atoms with Crippen molar-refractivity contribution in [3.63, 3.8) is 0 Å². The van der Waals surface area contributed by atoms with Crippen molar-refractivity contribution >= 4 is 21.4 Å². The van der Waals surface area contributed by atoms with Gasteiger partial charge in [-0.2, -0.15) is 5.26 Å². The molecule has 0 aromatic heterocycles. The summed E-state index contributed by atoms with van der Waals surface area (Å²) in [5.74, 6) is -4.93. The topological polar surface area (TPSA) is 113 Å². The number of carbonyl (C=O) groups is 1. The van der Waals surface area contributed by atoms with Crippen molar-refractivity contribution in [1.29, 1.82) is 5.26 Å². The number of nitrogens with zero attached hydrogens (tertiary/aromatic N) is 1. The number of carbonyl (C=O) groups excluding carboxylic acids is 1. The van der Waals surface area contributed by atoms with Gasteiger partial charge in [0.05, 0.1) is 6.07 Å². The van der Waals surface area contributed by atoms with Crippen molar-refractivity contribution in [2.45, 2.75) is 4.90 Å². The van der Waals surface area contributed by atoms with Crippen LogP contribution in [-0.2, 0) is 14.6 Å². The van der Waals surface area contributed by atoms with Crippen LogP contribution >= 0.6 is 0 Å². The fourth-order valence-electron chi connectivity index (χ4n) is 1.31. The van der Waals surface area contributed by atoms with E-state index in [1.807, 2.05) is 5.32 Å². The van der Waals surface area contributed by atoms with Gasteiger partial charge in [-0.1, -0.05) is 0 Å². The van der Waals surface area contributed by atoms with Crippen LogP contribution in [-0.4, -0.2) is 26.6 Å². The first-order valence-corrected chi connectivity index (χ1v) is 6.54. The van der Waals surface area contributed by atoms with E-state index in [-0.39, 0.29) is 5.69 Å². The highest BCUT2D eigenvalue weighted by atomic mass is 32.2. The summed E-state index contributed by atoms with van der Waals surface area (Å²) >= 11 is 0. The molecule has 0 heterocycles. The molecule has 9 heteroatoms. The van der Waals surface area contributed by atoms with E-state index in [9.17, 15) is 22.0 Å². The molecule has 6 nitrogen and oxygen atoms in total. The van der Waals surface area contributed by atoms with E-state index in [0.717, 1.165) is 0 Å². The predicted octanol–water partition coefficient (Wildman–Crippen LogP) is -0.0395. The zero-order chi connectivity index (χ0) is 14.6. The Labute approximate surface area is 107 Å². The number of nitrogens with two attached hydrogens (primary N) is 1. The Hall–Kier alpha value is -2.21. The third-order valence-corrected chi connectivity index (χ3v) is 3.67. The van der Waals surface area contributed by atoms with Crippen LogP contribution in [0, 0.1) is 23.0 Å². The zero-order valence-electron chi connectivity index (χ0n) is 9.48. The lowest BCUT2D eigenvalue weighted by Gasteiger charge is -2.07. The van der Waals surface area contributed by atoms with Gasteiger partial charge in [-0.05, 0) is 12.1 Å². The van der Waals surface area contributed by atoms with Gasteiger partial charge in [0.1, 0.15) is 28.8 Å². The Morgan fingerprint density at radius 3 is 2.37 bits per heavy atom. The molecule has 0 aliphatic heterocycles. The van der Waals surface area contributed by atoms with Gasteiger partial charge >= 0.3 is 0 Å². The van der Waals surface area contributed by atoms with Crippen molar-refractivity contribution in [1.82, 2.24) is 5.32 Å². The van der Waals surface area contributed by atoms with Crippen LogP contribution in [0.3, 0.4) is 0 Å². The number of nitriles is 1. The molecule has 19 heavy (non-hydrogen) atoms. The summed E-state index contributed by atoms with van der Waals surface area (Å²) in [4.78, 5) is 9.96. The lowest BCUT2D eigenvalue weighted by molar-refractivity contribution is -0.118. The SMILES string of the molecule is N#CCNC(=O)CS(=O)(=O)c1c(F)cc(N)cc1F. The van der Waals surface area contributed by atoms with Gasteiger partial charge in [0.2, 0.25) is 5.91 Å². The van der Waals surface area contributed by atoms with Crippen LogP contribution < -0.4 is 11.1 Å². The second-order valence-corrected chi connectivity index (χ2v) is 5.43. The number of nitrogens with one attached hydrogen (secondary N) is 1. The summed E-state index contributed by atoms with van der Waals surface area (Å²) in [7, 11) is -4.50. The fourth-order valence-corrected chi connectivity index (χ4v) is 2.61. The molecular formula is C10H9F2N3O3S. The van der Waals surface area contributed by atoms with Crippen LogP contribution in [0.5, 0.6) is 0 Å². The average molecular weight is 289 g/mol. The monoisotopic (exact) mass is 289 g/mol. The maximum Gasteiger partial charge on any atom is 0.236 e. The van der Waals surface area contributed by atoms with Gasteiger partial charge < -0.3 is 11.1 Å². The highest BCUT2D eigenvalue weighted by Crippen LogP contribution is 2.22. The van der Waals surface area contributed by atoms with Gasteiger partial charge in [0.25, 0.3) is 0 Å². The molecule has 0 spiro atoms. The van der Waals surface area contributed by atoms with Crippen LogP contribution in [0.4, 0.5) is 14.5 Å². The zero-order valence-corrected chi connectivity index (χ0v) is 10.3.